The van der Waals surface area contributed by atoms with E-state index in [9.17, 15) is 22.8 Å². The monoisotopic (exact) mass is 380 g/mol. The van der Waals surface area contributed by atoms with E-state index in [1.807, 2.05) is 0 Å². The smallest absolute Gasteiger partial charge is 0.406 e. The van der Waals surface area contributed by atoms with Crippen LogP contribution in [0.25, 0.3) is 0 Å². The van der Waals surface area contributed by atoms with E-state index in [0.717, 1.165) is 12.1 Å². The molecule has 28 heavy (non-hydrogen) atoms. The van der Waals surface area contributed by atoms with Crippen LogP contribution >= 0.6 is 0 Å². The molecule has 0 unspecified atom stereocenters. The highest BCUT2D eigenvalue weighted by Gasteiger charge is 2.62. The van der Waals surface area contributed by atoms with Crippen LogP contribution in [0.15, 0.2) is 66.7 Å². The second kappa shape index (κ2) is 6.34. The SMILES string of the molecule is O=[C]c1ccc2c(c1)C(c1ccccc1)(C(F)(F)F)c1cc([C]=O)ccc1O2. The Morgan fingerprint density at radius 2 is 1.25 bits per heavy atom. The quantitative estimate of drug-likeness (QED) is 0.667. The lowest BCUT2D eigenvalue weighted by molar-refractivity contribution is -0.168. The van der Waals surface area contributed by atoms with Gasteiger partial charge in [-0.2, -0.15) is 13.2 Å². The third kappa shape index (κ3) is 2.45. The van der Waals surface area contributed by atoms with Crippen molar-refractivity contribution in [2.45, 2.75) is 11.6 Å². The average Bonchev–Trinajstić information content (AvgIpc) is 2.71. The van der Waals surface area contributed by atoms with Gasteiger partial charge in [0.2, 0.25) is 12.6 Å². The maximum absolute atomic E-state index is 14.9. The van der Waals surface area contributed by atoms with E-state index in [0.29, 0.717) is 0 Å². The fraction of sp³-hybridized carbons (Fsp3) is 0.0909. The van der Waals surface area contributed by atoms with E-state index in [2.05, 4.69) is 0 Å². The molecule has 3 aromatic rings. The van der Waals surface area contributed by atoms with E-state index >= 15 is 0 Å². The normalized spacial score (nSPS) is 14.4. The zero-order valence-electron chi connectivity index (χ0n) is 14.2. The zero-order valence-corrected chi connectivity index (χ0v) is 14.2. The Balaban J connectivity index is 2.20. The molecule has 0 bridgehead atoms. The summed E-state index contributed by atoms with van der Waals surface area (Å²) in [7, 11) is 0. The fourth-order valence-corrected chi connectivity index (χ4v) is 3.68. The minimum atomic E-state index is -4.80. The van der Waals surface area contributed by atoms with E-state index in [1.54, 1.807) is 18.6 Å². The molecular weight excluding hydrogens is 369 g/mol. The number of ether oxygens (including phenoxy) is 1. The third-order valence-corrected chi connectivity index (χ3v) is 4.85. The van der Waals surface area contributed by atoms with Crippen LogP contribution in [-0.4, -0.2) is 18.7 Å². The molecule has 0 saturated carbocycles. The summed E-state index contributed by atoms with van der Waals surface area (Å²) in [6.45, 7) is 0. The first-order chi connectivity index (χ1) is 13.4. The van der Waals surface area contributed by atoms with Gasteiger partial charge in [0.1, 0.15) is 16.9 Å². The number of carbonyl (C=O) groups excluding carboxylic acids is 2. The van der Waals surface area contributed by atoms with Gasteiger partial charge < -0.3 is 4.74 Å². The summed E-state index contributed by atoms with van der Waals surface area (Å²) in [4.78, 5) is 22.3. The Hall–Kier alpha value is -3.41. The van der Waals surface area contributed by atoms with Crippen LogP contribution in [0.1, 0.15) is 27.8 Å². The van der Waals surface area contributed by atoms with Crippen molar-refractivity contribution in [2.24, 2.45) is 0 Å². The van der Waals surface area contributed by atoms with Crippen LogP contribution in [0.2, 0.25) is 0 Å². The second-order valence-electron chi connectivity index (χ2n) is 6.34. The van der Waals surface area contributed by atoms with Crippen molar-refractivity contribution in [1.29, 1.82) is 0 Å². The molecule has 0 atom stereocenters. The molecule has 0 aromatic heterocycles. The minimum absolute atomic E-state index is 0.0180. The first-order valence-electron chi connectivity index (χ1n) is 8.27. The standard InChI is InChI=1S/C22H11F3O3/c23-22(24,25)21(16-4-2-1-3-5-16)17-10-14(12-26)6-8-19(17)28-20-9-7-15(13-27)11-18(20)21/h1-11H. The average molecular weight is 380 g/mol. The fourth-order valence-electron chi connectivity index (χ4n) is 3.68. The zero-order chi connectivity index (χ0) is 19.9. The van der Waals surface area contributed by atoms with Crippen molar-refractivity contribution in [3.05, 3.63) is 94.5 Å². The van der Waals surface area contributed by atoms with Crippen molar-refractivity contribution in [3.63, 3.8) is 0 Å². The Morgan fingerprint density at radius 1 is 0.750 bits per heavy atom. The summed E-state index contributed by atoms with van der Waals surface area (Å²) in [5.41, 5.74) is -3.22. The lowest BCUT2D eigenvalue weighted by atomic mass is 9.66. The number of halogens is 3. The number of fused-ring (bicyclic) bond motifs is 2. The van der Waals surface area contributed by atoms with Crippen LogP contribution in [-0.2, 0) is 15.0 Å². The first-order valence-corrected chi connectivity index (χ1v) is 8.27. The molecule has 0 saturated heterocycles. The summed E-state index contributed by atoms with van der Waals surface area (Å²) in [6.07, 6.45) is -1.54. The van der Waals surface area contributed by atoms with Crippen molar-refractivity contribution in [3.8, 4) is 11.5 Å². The maximum Gasteiger partial charge on any atom is 0.406 e. The number of hydrogen-bond donors (Lipinski definition) is 0. The molecule has 0 amide bonds. The molecule has 3 nitrogen and oxygen atoms in total. The molecule has 1 aliphatic heterocycles. The molecule has 0 aliphatic carbocycles. The lowest BCUT2D eigenvalue weighted by Crippen LogP contribution is -2.46. The summed E-state index contributed by atoms with van der Waals surface area (Å²) in [5, 5.41) is 0. The van der Waals surface area contributed by atoms with Gasteiger partial charge in [0.05, 0.1) is 0 Å². The minimum Gasteiger partial charge on any atom is -0.457 e. The second-order valence-corrected chi connectivity index (χ2v) is 6.34. The number of hydrogen-bond acceptors (Lipinski definition) is 3. The topological polar surface area (TPSA) is 43.4 Å². The van der Waals surface area contributed by atoms with Crippen LogP contribution in [0.5, 0.6) is 11.5 Å². The first kappa shape index (κ1) is 18.0. The van der Waals surface area contributed by atoms with Gasteiger partial charge in [-0.3, -0.25) is 9.59 Å². The predicted octanol–water partition coefficient (Wildman–Crippen LogP) is 4.60. The van der Waals surface area contributed by atoms with Crippen molar-refractivity contribution < 1.29 is 27.5 Å². The number of alkyl halides is 3. The summed E-state index contributed by atoms with van der Waals surface area (Å²) < 4.78 is 50.3. The summed E-state index contributed by atoms with van der Waals surface area (Å²) in [5.74, 6) is -0.0361. The highest BCUT2D eigenvalue weighted by atomic mass is 19.4. The van der Waals surface area contributed by atoms with Crippen LogP contribution in [0.3, 0.4) is 0 Å². The molecule has 2 radical (unpaired) electrons. The van der Waals surface area contributed by atoms with Gasteiger partial charge in [-0.15, -0.1) is 0 Å². The number of rotatable bonds is 3. The highest BCUT2D eigenvalue weighted by molar-refractivity contribution is 5.80. The van der Waals surface area contributed by atoms with E-state index < -0.39 is 11.6 Å². The number of benzene rings is 3. The lowest BCUT2D eigenvalue weighted by Gasteiger charge is -2.42. The Morgan fingerprint density at radius 3 is 1.68 bits per heavy atom. The van der Waals surface area contributed by atoms with Crippen molar-refractivity contribution in [2.75, 3.05) is 0 Å². The van der Waals surface area contributed by atoms with Gasteiger partial charge >= 0.3 is 6.18 Å². The maximum atomic E-state index is 14.9. The molecule has 0 N–H and O–H groups in total. The molecule has 3 aromatic carbocycles. The molecule has 0 spiro atoms. The van der Waals surface area contributed by atoms with E-state index in [-0.39, 0.29) is 39.3 Å². The van der Waals surface area contributed by atoms with Gasteiger partial charge in [0.25, 0.3) is 0 Å². The summed E-state index contributed by atoms with van der Waals surface area (Å²) in [6, 6.07) is 14.9. The molecule has 4 rings (SSSR count). The van der Waals surface area contributed by atoms with Gasteiger partial charge in [0.15, 0.2) is 0 Å². The third-order valence-electron chi connectivity index (χ3n) is 4.85. The molecule has 6 heteroatoms. The highest BCUT2D eigenvalue weighted by Crippen LogP contribution is 2.59. The van der Waals surface area contributed by atoms with Gasteiger partial charge in [0, 0.05) is 22.3 Å². The van der Waals surface area contributed by atoms with E-state index in [4.69, 9.17) is 4.74 Å². The van der Waals surface area contributed by atoms with E-state index in [1.165, 1.54) is 48.5 Å². The molecular formula is C22H11F3O3. The molecule has 1 heterocycles. The molecule has 1 aliphatic rings. The van der Waals surface area contributed by atoms with Crippen LogP contribution in [0, 0.1) is 0 Å². The largest absolute Gasteiger partial charge is 0.457 e. The Kier molecular flexibility index (Phi) is 4.07. The Labute approximate surface area is 158 Å². The van der Waals surface area contributed by atoms with Crippen molar-refractivity contribution >= 4 is 12.6 Å². The molecule has 138 valence electrons. The predicted molar refractivity (Wildman–Crippen MR) is 94.9 cm³/mol. The van der Waals surface area contributed by atoms with Gasteiger partial charge in [-0.25, -0.2) is 0 Å². The van der Waals surface area contributed by atoms with Gasteiger partial charge in [-0.05, 0) is 42.0 Å². The Bertz CT molecular complexity index is 1010. The van der Waals surface area contributed by atoms with Crippen LogP contribution < -0.4 is 4.74 Å². The van der Waals surface area contributed by atoms with Crippen LogP contribution in [0.4, 0.5) is 13.2 Å². The van der Waals surface area contributed by atoms with Crippen molar-refractivity contribution in [1.82, 2.24) is 0 Å². The molecule has 0 fully saturated rings. The summed E-state index contributed by atoms with van der Waals surface area (Å²) >= 11 is 0. The van der Waals surface area contributed by atoms with Gasteiger partial charge in [-0.1, -0.05) is 30.3 Å².